The minimum atomic E-state index is -3.57. The Morgan fingerprint density at radius 1 is 1.21 bits per heavy atom. The summed E-state index contributed by atoms with van der Waals surface area (Å²) in [5.41, 5.74) is 8.02. The smallest absolute Gasteiger partial charge is 0.316 e. The summed E-state index contributed by atoms with van der Waals surface area (Å²) in [5.74, 6) is -0.718. The second-order valence-corrected chi connectivity index (χ2v) is 10.2. The highest BCUT2D eigenvalue weighted by Crippen LogP contribution is 2.47. The van der Waals surface area contributed by atoms with Gasteiger partial charge >= 0.3 is 6.03 Å². The van der Waals surface area contributed by atoms with Crippen LogP contribution >= 0.6 is 11.3 Å². The molecule has 1 fully saturated rings. The molecule has 10 heteroatoms. The molecule has 0 spiro atoms. The Labute approximate surface area is 166 Å². The molecule has 1 aromatic carbocycles. The number of amides is 3. The first-order valence-corrected chi connectivity index (χ1v) is 11.2. The van der Waals surface area contributed by atoms with Crippen molar-refractivity contribution in [2.75, 3.05) is 11.1 Å². The van der Waals surface area contributed by atoms with Crippen molar-refractivity contribution in [1.29, 1.82) is 0 Å². The van der Waals surface area contributed by atoms with Gasteiger partial charge in [0.2, 0.25) is 5.91 Å². The average molecular weight is 424 g/mol. The molecule has 0 aliphatic carbocycles. The van der Waals surface area contributed by atoms with Crippen molar-refractivity contribution in [2.24, 2.45) is 5.73 Å². The Morgan fingerprint density at radius 2 is 2.00 bits per heavy atom. The van der Waals surface area contributed by atoms with Crippen molar-refractivity contribution in [3.05, 3.63) is 41.3 Å². The van der Waals surface area contributed by atoms with Crippen LogP contribution in [-0.2, 0) is 19.4 Å². The van der Waals surface area contributed by atoms with Crippen LogP contribution in [0, 0.1) is 0 Å². The van der Waals surface area contributed by atoms with E-state index < -0.39 is 26.5 Å². The number of nitrogens with two attached hydrogens (primary N) is 1. The van der Waals surface area contributed by atoms with E-state index in [1.165, 1.54) is 11.3 Å². The number of carbonyl (C=O) groups excluding carboxylic acids is 2. The van der Waals surface area contributed by atoms with Gasteiger partial charge in [-0.3, -0.25) is 10.0 Å². The third kappa shape index (κ3) is 3.89. The van der Waals surface area contributed by atoms with E-state index in [-0.39, 0.29) is 12.2 Å². The van der Waals surface area contributed by atoms with Crippen LogP contribution in [0.4, 0.5) is 10.5 Å². The summed E-state index contributed by atoms with van der Waals surface area (Å²) in [6.07, 6.45) is 1.24. The van der Waals surface area contributed by atoms with Crippen LogP contribution in [0.15, 0.2) is 36.4 Å². The first-order chi connectivity index (χ1) is 13.3. The largest absolute Gasteiger partial charge is 0.351 e. The number of thiophene rings is 1. The molecule has 2 heterocycles. The Kier molecular flexibility index (Phi) is 5.73. The van der Waals surface area contributed by atoms with Crippen LogP contribution in [0.2, 0.25) is 0 Å². The van der Waals surface area contributed by atoms with Gasteiger partial charge in [-0.15, -0.1) is 11.3 Å². The van der Waals surface area contributed by atoms with Crippen LogP contribution in [0.3, 0.4) is 0 Å². The number of hydrogen-bond donors (Lipinski definition) is 4. The van der Waals surface area contributed by atoms with Crippen LogP contribution in [0.1, 0.15) is 30.6 Å². The predicted molar refractivity (Wildman–Crippen MR) is 107 cm³/mol. The molecule has 3 amide bonds. The molecule has 1 aliphatic rings. The molecule has 150 valence electrons. The molecule has 1 atom stereocenters. The molecule has 0 unspecified atom stereocenters. The number of hydrogen-bond acceptors (Lipinski definition) is 6. The van der Waals surface area contributed by atoms with Gasteiger partial charge in [0.05, 0.1) is 12.2 Å². The van der Waals surface area contributed by atoms with E-state index in [1.54, 1.807) is 35.8 Å². The summed E-state index contributed by atoms with van der Waals surface area (Å²) in [6.45, 7) is 0. The fraction of sp³-hybridized carbons (Fsp3) is 0.333. The Bertz CT molecular complexity index is 1000. The number of primary amides is 1. The molecule has 1 saturated heterocycles. The van der Waals surface area contributed by atoms with Crippen molar-refractivity contribution in [2.45, 2.75) is 30.4 Å². The van der Waals surface area contributed by atoms with E-state index in [0.29, 0.717) is 29.8 Å². The lowest BCUT2D eigenvalue weighted by atomic mass is 9.94. The normalized spacial score (nSPS) is 21.0. The first kappa shape index (κ1) is 20.3. The summed E-state index contributed by atoms with van der Waals surface area (Å²) in [5, 5.41) is 11.5. The van der Waals surface area contributed by atoms with E-state index in [1.807, 2.05) is 6.07 Å². The number of sulfone groups is 1. The summed E-state index contributed by atoms with van der Waals surface area (Å²) in [6, 6.07) is 9.88. The number of rotatable bonds is 5. The third-order valence-corrected chi connectivity index (χ3v) is 8.93. The molecule has 28 heavy (non-hydrogen) atoms. The molecule has 0 saturated carbocycles. The lowest BCUT2D eigenvalue weighted by Gasteiger charge is -2.35. The topological polar surface area (TPSA) is 139 Å². The minimum Gasteiger partial charge on any atom is -0.351 e. The van der Waals surface area contributed by atoms with Crippen molar-refractivity contribution in [3.63, 3.8) is 0 Å². The van der Waals surface area contributed by atoms with Crippen LogP contribution in [-0.4, -0.2) is 31.3 Å². The molecular weight excluding hydrogens is 402 g/mol. The van der Waals surface area contributed by atoms with Crippen molar-refractivity contribution >= 4 is 38.8 Å². The van der Waals surface area contributed by atoms with E-state index in [9.17, 15) is 18.0 Å². The maximum Gasteiger partial charge on any atom is 0.316 e. The molecule has 0 radical (unpaired) electrons. The lowest BCUT2D eigenvalue weighted by Crippen LogP contribution is -2.43. The van der Waals surface area contributed by atoms with Gasteiger partial charge in [-0.1, -0.05) is 18.6 Å². The maximum atomic E-state index is 13.0. The molecule has 1 aromatic heterocycles. The molecule has 8 nitrogen and oxygen atoms in total. The van der Waals surface area contributed by atoms with Gasteiger partial charge < -0.3 is 11.1 Å². The Balaban J connectivity index is 2.02. The number of benzene rings is 1. The van der Waals surface area contributed by atoms with Crippen molar-refractivity contribution in [1.82, 2.24) is 5.48 Å². The average Bonchev–Trinajstić information content (AvgIpc) is 3.13. The van der Waals surface area contributed by atoms with Crippen molar-refractivity contribution < 1.29 is 23.2 Å². The number of anilines is 1. The van der Waals surface area contributed by atoms with Crippen LogP contribution < -0.4 is 16.5 Å². The second-order valence-electron chi connectivity index (χ2n) is 6.72. The Morgan fingerprint density at radius 3 is 2.68 bits per heavy atom. The summed E-state index contributed by atoms with van der Waals surface area (Å²) < 4.78 is 24.6. The number of nitrogens with one attached hydrogen (secondary N) is 2. The SMILES string of the molecule is NC(=O)Nc1cccc(-c2ccc([C@@]3(CC(=O)NO)CCCCS3(=O)=O)s2)c1. The highest BCUT2D eigenvalue weighted by molar-refractivity contribution is 7.92. The molecule has 5 N–H and O–H groups in total. The van der Waals surface area contributed by atoms with E-state index in [2.05, 4.69) is 5.32 Å². The van der Waals surface area contributed by atoms with E-state index in [4.69, 9.17) is 10.9 Å². The van der Waals surface area contributed by atoms with Gasteiger partial charge in [0.1, 0.15) is 4.75 Å². The quantitative estimate of drug-likeness (QED) is 0.432. The van der Waals surface area contributed by atoms with E-state index in [0.717, 1.165) is 10.4 Å². The predicted octanol–water partition coefficient (Wildman–Crippen LogP) is 2.60. The molecule has 0 bridgehead atoms. The van der Waals surface area contributed by atoms with Gasteiger partial charge in [0.15, 0.2) is 9.84 Å². The minimum absolute atomic E-state index is 0.0109. The highest BCUT2D eigenvalue weighted by Gasteiger charge is 2.49. The zero-order valence-corrected chi connectivity index (χ0v) is 16.6. The van der Waals surface area contributed by atoms with Gasteiger partial charge in [0.25, 0.3) is 0 Å². The van der Waals surface area contributed by atoms with Gasteiger partial charge in [0, 0.05) is 15.4 Å². The molecule has 3 rings (SSSR count). The van der Waals surface area contributed by atoms with Crippen LogP contribution in [0.25, 0.3) is 10.4 Å². The van der Waals surface area contributed by atoms with Gasteiger partial charge in [-0.2, -0.15) is 0 Å². The molecule has 2 aromatic rings. The maximum absolute atomic E-state index is 13.0. The highest BCUT2D eigenvalue weighted by atomic mass is 32.2. The van der Waals surface area contributed by atoms with Gasteiger partial charge in [-0.05, 0) is 42.7 Å². The molecule has 1 aliphatic heterocycles. The first-order valence-electron chi connectivity index (χ1n) is 8.70. The summed E-state index contributed by atoms with van der Waals surface area (Å²) in [4.78, 5) is 24.3. The van der Waals surface area contributed by atoms with Crippen LogP contribution in [0.5, 0.6) is 0 Å². The number of hydroxylamine groups is 1. The van der Waals surface area contributed by atoms with Crippen molar-refractivity contribution in [3.8, 4) is 10.4 Å². The fourth-order valence-corrected chi connectivity index (χ4v) is 7.32. The van der Waals surface area contributed by atoms with Gasteiger partial charge in [-0.25, -0.2) is 18.7 Å². The molecular formula is C18H21N3O5S2. The number of carbonyl (C=O) groups is 2. The standard InChI is InChI=1S/C18H21N3O5S2/c19-17(23)20-13-5-3-4-12(10-13)14-6-7-15(27-14)18(11-16(22)21-24)8-1-2-9-28(18,25)26/h3-7,10,24H,1-2,8-9,11H2,(H,21,22)(H3,19,20,23)/t18-/m0/s1. The zero-order valence-electron chi connectivity index (χ0n) is 15.0. The summed E-state index contributed by atoms with van der Waals surface area (Å²) >= 11 is 1.29. The lowest BCUT2D eigenvalue weighted by molar-refractivity contribution is -0.130. The summed E-state index contributed by atoms with van der Waals surface area (Å²) in [7, 11) is -3.57. The zero-order chi connectivity index (χ0) is 20.4. The Hall–Kier alpha value is -2.43. The number of urea groups is 1. The monoisotopic (exact) mass is 423 g/mol. The second kappa shape index (κ2) is 7.90. The van der Waals surface area contributed by atoms with E-state index >= 15 is 0 Å². The third-order valence-electron chi connectivity index (χ3n) is 4.88. The fourth-order valence-electron chi connectivity index (χ4n) is 3.54.